The van der Waals surface area contributed by atoms with E-state index in [1.807, 2.05) is 41.1 Å². The van der Waals surface area contributed by atoms with E-state index < -0.39 is 0 Å². The highest BCUT2D eigenvalue weighted by Gasteiger charge is 2.28. The van der Waals surface area contributed by atoms with E-state index in [0.29, 0.717) is 18.1 Å². The van der Waals surface area contributed by atoms with Gasteiger partial charge in [-0.05, 0) is 44.9 Å². The molecule has 4 rings (SSSR count). The van der Waals surface area contributed by atoms with Crippen molar-refractivity contribution in [1.29, 1.82) is 0 Å². The Balaban J connectivity index is 1.50. The normalized spacial score (nSPS) is 13.9. The number of carbonyl (C=O) groups is 1. The Hall–Kier alpha value is -2.89. The van der Waals surface area contributed by atoms with Gasteiger partial charge in [-0.1, -0.05) is 18.2 Å². The van der Waals surface area contributed by atoms with E-state index in [1.165, 1.54) is 0 Å². The van der Waals surface area contributed by atoms with Gasteiger partial charge in [-0.25, -0.2) is 14.5 Å². The van der Waals surface area contributed by atoms with Crippen LogP contribution in [0.2, 0.25) is 0 Å². The molecule has 0 saturated heterocycles. The lowest BCUT2D eigenvalue weighted by molar-refractivity contribution is 0.0452. The lowest BCUT2D eigenvalue weighted by Crippen LogP contribution is -2.13. The Bertz CT molecular complexity index is 946. The molecule has 0 bridgehead atoms. The molecule has 1 aliphatic carbocycles. The van der Waals surface area contributed by atoms with Crippen LogP contribution in [0.15, 0.2) is 42.6 Å². The number of ether oxygens (including phenoxy) is 2. The number of pyridine rings is 1. The number of fused-ring (bicyclic) bond motifs is 1. The van der Waals surface area contributed by atoms with E-state index >= 15 is 0 Å². The molecule has 1 aliphatic rings. The van der Waals surface area contributed by atoms with Crippen molar-refractivity contribution in [3.8, 4) is 5.75 Å². The average molecular weight is 365 g/mol. The molecule has 0 amide bonds. The van der Waals surface area contributed by atoms with Crippen molar-refractivity contribution >= 4 is 17.0 Å². The fourth-order valence-corrected chi connectivity index (χ4v) is 3.06. The summed E-state index contributed by atoms with van der Waals surface area (Å²) in [6.07, 6.45) is 3.94. The first kappa shape index (κ1) is 17.5. The summed E-state index contributed by atoms with van der Waals surface area (Å²) in [4.78, 5) is 17.5. The molecule has 2 aromatic heterocycles. The van der Waals surface area contributed by atoms with Gasteiger partial charge < -0.3 is 9.47 Å². The Morgan fingerprint density at radius 2 is 2.00 bits per heavy atom. The van der Waals surface area contributed by atoms with Crippen molar-refractivity contribution in [2.24, 2.45) is 0 Å². The second-order valence-corrected chi connectivity index (χ2v) is 7.09. The summed E-state index contributed by atoms with van der Waals surface area (Å²) < 4.78 is 12.9. The van der Waals surface area contributed by atoms with Gasteiger partial charge in [0.1, 0.15) is 19.0 Å². The number of para-hydroxylation sites is 1. The number of nitrogens with zero attached hydrogens (tertiary/aromatic N) is 3. The quantitative estimate of drug-likeness (QED) is 0.465. The maximum absolute atomic E-state index is 12.7. The fourth-order valence-electron chi connectivity index (χ4n) is 3.06. The highest BCUT2D eigenvalue weighted by Crippen LogP contribution is 2.40. The van der Waals surface area contributed by atoms with Gasteiger partial charge >= 0.3 is 5.97 Å². The summed E-state index contributed by atoms with van der Waals surface area (Å²) in [6, 6.07) is 11.5. The van der Waals surface area contributed by atoms with Crippen LogP contribution in [0.3, 0.4) is 0 Å². The van der Waals surface area contributed by atoms with Crippen molar-refractivity contribution in [3.05, 3.63) is 53.9 Å². The zero-order valence-corrected chi connectivity index (χ0v) is 15.6. The minimum absolute atomic E-state index is 0.174. The highest BCUT2D eigenvalue weighted by atomic mass is 16.6. The first-order chi connectivity index (χ1) is 13.1. The summed E-state index contributed by atoms with van der Waals surface area (Å²) in [5, 5.41) is 5.15. The average Bonchev–Trinajstić information content (AvgIpc) is 3.44. The Morgan fingerprint density at radius 3 is 2.70 bits per heavy atom. The molecule has 140 valence electrons. The van der Waals surface area contributed by atoms with Gasteiger partial charge in [-0.15, -0.1) is 0 Å². The third kappa shape index (κ3) is 3.79. The lowest BCUT2D eigenvalue weighted by Gasteiger charge is -2.11. The molecule has 0 N–H and O–H groups in total. The Kier molecular flexibility index (Phi) is 4.79. The largest absolute Gasteiger partial charge is 0.490 e. The molecule has 1 fully saturated rings. The number of rotatable bonds is 7. The smallest absolute Gasteiger partial charge is 0.339 e. The molecule has 6 heteroatoms. The molecule has 3 aromatic rings. The van der Waals surface area contributed by atoms with Gasteiger partial charge in [-0.2, -0.15) is 5.10 Å². The number of benzene rings is 1. The minimum Gasteiger partial charge on any atom is -0.490 e. The molecule has 2 heterocycles. The molecular formula is C21H23N3O3. The van der Waals surface area contributed by atoms with Crippen LogP contribution < -0.4 is 4.74 Å². The van der Waals surface area contributed by atoms with Gasteiger partial charge in [-0.3, -0.25) is 0 Å². The first-order valence-corrected chi connectivity index (χ1v) is 9.36. The maximum atomic E-state index is 12.7. The van der Waals surface area contributed by atoms with E-state index in [1.54, 1.807) is 6.20 Å². The highest BCUT2D eigenvalue weighted by molar-refractivity contribution is 6.02. The summed E-state index contributed by atoms with van der Waals surface area (Å²) in [6.45, 7) is 4.60. The van der Waals surface area contributed by atoms with Gasteiger partial charge in [0.05, 0.1) is 17.1 Å². The van der Waals surface area contributed by atoms with Crippen LogP contribution in [0.5, 0.6) is 5.75 Å². The van der Waals surface area contributed by atoms with Crippen LogP contribution in [0, 0.1) is 0 Å². The van der Waals surface area contributed by atoms with E-state index in [9.17, 15) is 4.79 Å². The molecule has 0 radical (unpaired) electrons. The number of aromatic nitrogens is 3. The van der Waals surface area contributed by atoms with E-state index in [2.05, 4.69) is 18.9 Å². The molecule has 1 saturated carbocycles. The molecule has 27 heavy (non-hydrogen) atoms. The lowest BCUT2D eigenvalue weighted by atomic mass is 10.1. The number of esters is 1. The van der Waals surface area contributed by atoms with E-state index in [4.69, 9.17) is 14.5 Å². The van der Waals surface area contributed by atoms with Crippen LogP contribution in [0.25, 0.3) is 11.0 Å². The third-order valence-corrected chi connectivity index (χ3v) is 4.62. The van der Waals surface area contributed by atoms with E-state index in [-0.39, 0.29) is 18.6 Å². The predicted molar refractivity (Wildman–Crippen MR) is 102 cm³/mol. The van der Waals surface area contributed by atoms with Crippen molar-refractivity contribution in [1.82, 2.24) is 14.8 Å². The molecule has 0 aliphatic heterocycles. The molecule has 6 nitrogen and oxygen atoms in total. The molecule has 1 aromatic carbocycles. The van der Waals surface area contributed by atoms with Crippen molar-refractivity contribution < 1.29 is 14.3 Å². The number of carbonyl (C=O) groups excluding carboxylic acids is 1. The second-order valence-electron chi connectivity index (χ2n) is 7.09. The predicted octanol–water partition coefficient (Wildman–Crippen LogP) is 4.13. The molecule has 0 atom stereocenters. The van der Waals surface area contributed by atoms with E-state index in [0.717, 1.165) is 35.3 Å². The number of hydrogen-bond donors (Lipinski definition) is 0. The van der Waals surface area contributed by atoms with Crippen molar-refractivity contribution in [3.63, 3.8) is 0 Å². The number of hydrogen-bond acceptors (Lipinski definition) is 5. The topological polar surface area (TPSA) is 66.2 Å². The first-order valence-electron chi connectivity index (χ1n) is 9.36. The SMILES string of the molecule is CC(C)n1ncc2c(C(=O)OCCOc3ccccc3)cc(C3CC3)nc21. The summed E-state index contributed by atoms with van der Waals surface area (Å²) in [5.41, 5.74) is 2.24. The second kappa shape index (κ2) is 7.39. The molecule has 0 spiro atoms. The van der Waals surface area contributed by atoms with Crippen LogP contribution in [-0.2, 0) is 4.74 Å². The van der Waals surface area contributed by atoms with Gasteiger partial charge in [0, 0.05) is 17.7 Å². The van der Waals surface area contributed by atoms with Crippen molar-refractivity contribution in [2.45, 2.75) is 38.6 Å². The summed E-state index contributed by atoms with van der Waals surface area (Å²) in [5.74, 6) is 0.844. The Morgan fingerprint density at radius 1 is 1.22 bits per heavy atom. The third-order valence-electron chi connectivity index (χ3n) is 4.62. The molecular weight excluding hydrogens is 342 g/mol. The standard InChI is InChI=1S/C21H23N3O3/c1-14(2)24-20-18(13-22-24)17(12-19(23-20)15-8-9-15)21(25)27-11-10-26-16-6-4-3-5-7-16/h3-7,12-15H,8-11H2,1-2H3. The van der Waals surface area contributed by atoms with Crippen LogP contribution >= 0.6 is 0 Å². The Labute approximate surface area is 158 Å². The maximum Gasteiger partial charge on any atom is 0.339 e. The van der Waals surface area contributed by atoms with Gasteiger partial charge in [0.25, 0.3) is 0 Å². The van der Waals surface area contributed by atoms with Crippen molar-refractivity contribution in [2.75, 3.05) is 13.2 Å². The monoisotopic (exact) mass is 365 g/mol. The van der Waals surface area contributed by atoms with Crippen LogP contribution in [0.4, 0.5) is 0 Å². The van der Waals surface area contributed by atoms with Crippen LogP contribution in [-0.4, -0.2) is 33.9 Å². The summed E-state index contributed by atoms with van der Waals surface area (Å²) >= 11 is 0. The summed E-state index contributed by atoms with van der Waals surface area (Å²) in [7, 11) is 0. The minimum atomic E-state index is -0.357. The van der Waals surface area contributed by atoms with Gasteiger partial charge in [0.15, 0.2) is 5.65 Å². The zero-order chi connectivity index (χ0) is 18.8. The molecule has 0 unspecified atom stereocenters. The van der Waals surface area contributed by atoms with Crippen LogP contribution in [0.1, 0.15) is 54.7 Å². The zero-order valence-electron chi connectivity index (χ0n) is 15.6. The van der Waals surface area contributed by atoms with Gasteiger partial charge in [0.2, 0.25) is 0 Å². The fraction of sp³-hybridized carbons (Fsp3) is 0.381.